The summed E-state index contributed by atoms with van der Waals surface area (Å²) in [6.45, 7) is 2.03. The van der Waals surface area contributed by atoms with Crippen molar-refractivity contribution in [3.05, 3.63) is 65.2 Å². The van der Waals surface area contributed by atoms with Gasteiger partial charge in [-0.05, 0) is 48.4 Å². The van der Waals surface area contributed by atoms with E-state index in [1.165, 1.54) is 5.56 Å². The Balaban J connectivity index is 2.37. The standard InChI is InChI=1S/C16H13NO/c1-12-2-4-13(5-3-12)10-15(11-17)14-6-8-16(18)9-7-14/h2-10,18H,1H3/b15-10+. The van der Waals surface area contributed by atoms with Crippen molar-refractivity contribution in [3.8, 4) is 11.8 Å². The summed E-state index contributed by atoms with van der Waals surface area (Å²) in [6.07, 6.45) is 1.84. The van der Waals surface area contributed by atoms with Gasteiger partial charge in [-0.2, -0.15) is 5.26 Å². The summed E-state index contributed by atoms with van der Waals surface area (Å²) in [5, 5.41) is 18.4. The molecule has 2 aromatic rings. The highest BCUT2D eigenvalue weighted by molar-refractivity contribution is 5.89. The van der Waals surface area contributed by atoms with Crippen molar-refractivity contribution < 1.29 is 5.11 Å². The zero-order valence-corrected chi connectivity index (χ0v) is 10.1. The van der Waals surface area contributed by atoms with Crippen LogP contribution in [-0.4, -0.2) is 5.11 Å². The van der Waals surface area contributed by atoms with E-state index in [1.807, 2.05) is 37.3 Å². The molecule has 0 bridgehead atoms. The van der Waals surface area contributed by atoms with Crippen LogP contribution in [0.25, 0.3) is 11.6 Å². The number of aromatic hydroxyl groups is 1. The maximum atomic E-state index is 9.23. The van der Waals surface area contributed by atoms with Crippen molar-refractivity contribution in [3.63, 3.8) is 0 Å². The Morgan fingerprint density at radius 2 is 1.67 bits per heavy atom. The Bertz CT molecular complexity index is 601. The van der Waals surface area contributed by atoms with Crippen molar-refractivity contribution in [1.29, 1.82) is 5.26 Å². The number of aryl methyl sites for hydroxylation is 1. The van der Waals surface area contributed by atoms with Gasteiger partial charge in [0.2, 0.25) is 0 Å². The number of phenols is 1. The van der Waals surface area contributed by atoms with E-state index in [1.54, 1.807) is 24.3 Å². The van der Waals surface area contributed by atoms with Gasteiger partial charge in [0.15, 0.2) is 0 Å². The van der Waals surface area contributed by atoms with Crippen molar-refractivity contribution in [2.75, 3.05) is 0 Å². The van der Waals surface area contributed by atoms with Gasteiger partial charge < -0.3 is 5.11 Å². The summed E-state index contributed by atoms with van der Waals surface area (Å²) < 4.78 is 0. The number of nitriles is 1. The Morgan fingerprint density at radius 3 is 2.22 bits per heavy atom. The van der Waals surface area contributed by atoms with Crippen LogP contribution in [0.4, 0.5) is 0 Å². The van der Waals surface area contributed by atoms with Gasteiger partial charge in [0.1, 0.15) is 5.75 Å². The lowest BCUT2D eigenvalue weighted by molar-refractivity contribution is 0.475. The van der Waals surface area contributed by atoms with E-state index in [4.69, 9.17) is 0 Å². The van der Waals surface area contributed by atoms with Gasteiger partial charge in [-0.25, -0.2) is 0 Å². The number of phenolic OH excluding ortho intramolecular Hbond substituents is 1. The first-order chi connectivity index (χ1) is 8.69. The van der Waals surface area contributed by atoms with E-state index in [0.29, 0.717) is 5.57 Å². The van der Waals surface area contributed by atoms with Crippen LogP contribution in [0.1, 0.15) is 16.7 Å². The molecule has 1 N–H and O–H groups in total. The largest absolute Gasteiger partial charge is 0.508 e. The average molecular weight is 235 g/mol. The molecule has 0 aliphatic heterocycles. The van der Waals surface area contributed by atoms with E-state index < -0.39 is 0 Å². The number of hydrogen-bond acceptors (Lipinski definition) is 2. The molecule has 0 fully saturated rings. The highest BCUT2D eigenvalue weighted by Crippen LogP contribution is 2.20. The maximum Gasteiger partial charge on any atom is 0.115 e. The molecule has 2 nitrogen and oxygen atoms in total. The fourth-order valence-corrected chi connectivity index (χ4v) is 1.65. The number of rotatable bonds is 2. The average Bonchev–Trinajstić information content (AvgIpc) is 2.39. The minimum atomic E-state index is 0.200. The first-order valence-electron chi connectivity index (χ1n) is 5.67. The highest BCUT2D eigenvalue weighted by Gasteiger charge is 2.01. The Morgan fingerprint density at radius 1 is 1.06 bits per heavy atom. The lowest BCUT2D eigenvalue weighted by Gasteiger charge is -2.00. The van der Waals surface area contributed by atoms with Gasteiger partial charge in [-0.1, -0.05) is 29.8 Å². The molecular weight excluding hydrogens is 222 g/mol. The van der Waals surface area contributed by atoms with E-state index in [2.05, 4.69) is 6.07 Å². The molecule has 88 valence electrons. The normalized spacial score (nSPS) is 11.0. The minimum absolute atomic E-state index is 0.200. The van der Waals surface area contributed by atoms with Gasteiger partial charge in [0.05, 0.1) is 11.6 Å². The second-order valence-electron chi connectivity index (χ2n) is 4.13. The Hall–Kier alpha value is -2.53. The molecule has 0 unspecified atom stereocenters. The quantitative estimate of drug-likeness (QED) is 0.636. The smallest absolute Gasteiger partial charge is 0.115 e. The van der Waals surface area contributed by atoms with Crippen LogP contribution in [0, 0.1) is 18.3 Å². The number of allylic oxidation sites excluding steroid dienone is 1. The van der Waals surface area contributed by atoms with Gasteiger partial charge >= 0.3 is 0 Å². The topological polar surface area (TPSA) is 44.0 Å². The van der Waals surface area contributed by atoms with Crippen molar-refractivity contribution >= 4 is 11.6 Å². The van der Waals surface area contributed by atoms with Crippen molar-refractivity contribution in [2.45, 2.75) is 6.92 Å². The fraction of sp³-hybridized carbons (Fsp3) is 0.0625. The van der Waals surface area contributed by atoms with Crippen LogP contribution in [0.5, 0.6) is 5.75 Å². The molecular formula is C16H13NO. The van der Waals surface area contributed by atoms with Crippen molar-refractivity contribution in [2.24, 2.45) is 0 Å². The summed E-state index contributed by atoms with van der Waals surface area (Å²) in [5.41, 5.74) is 3.57. The molecule has 0 spiro atoms. The zero-order chi connectivity index (χ0) is 13.0. The van der Waals surface area contributed by atoms with Crippen LogP contribution in [0.15, 0.2) is 48.5 Å². The summed E-state index contributed by atoms with van der Waals surface area (Å²) in [4.78, 5) is 0. The van der Waals surface area contributed by atoms with Crippen LogP contribution < -0.4 is 0 Å². The van der Waals surface area contributed by atoms with Gasteiger partial charge in [0, 0.05) is 0 Å². The molecule has 0 heterocycles. The molecule has 2 heteroatoms. The molecule has 0 aromatic heterocycles. The number of nitrogens with zero attached hydrogens (tertiary/aromatic N) is 1. The third-order valence-electron chi connectivity index (χ3n) is 2.69. The van der Waals surface area contributed by atoms with Gasteiger partial charge in [-0.15, -0.1) is 0 Å². The fourth-order valence-electron chi connectivity index (χ4n) is 1.65. The monoisotopic (exact) mass is 235 g/mol. The molecule has 0 aliphatic rings. The molecule has 0 atom stereocenters. The lowest BCUT2D eigenvalue weighted by atomic mass is 10.0. The molecule has 0 amide bonds. The lowest BCUT2D eigenvalue weighted by Crippen LogP contribution is -1.82. The van der Waals surface area contributed by atoms with Gasteiger partial charge in [-0.3, -0.25) is 0 Å². The van der Waals surface area contributed by atoms with E-state index in [9.17, 15) is 10.4 Å². The Kier molecular flexibility index (Phi) is 3.45. The van der Waals surface area contributed by atoms with Crippen molar-refractivity contribution in [1.82, 2.24) is 0 Å². The third-order valence-corrected chi connectivity index (χ3v) is 2.69. The minimum Gasteiger partial charge on any atom is -0.508 e. The first-order valence-corrected chi connectivity index (χ1v) is 5.67. The Labute approximate surface area is 106 Å². The van der Waals surface area contributed by atoms with E-state index in [-0.39, 0.29) is 5.75 Å². The van der Waals surface area contributed by atoms with E-state index >= 15 is 0 Å². The predicted octanol–water partition coefficient (Wildman–Crippen LogP) is 3.76. The summed E-state index contributed by atoms with van der Waals surface area (Å²) in [6, 6.07) is 16.8. The predicted molar refractivity (Wildman–Crippen MR) is 72.8 cm³/mol. The molecule has 0 saturated carbocycles. The van der Waals surface area contributed by atoms with Crippen LogP contribution in [0.2, 0.25) is 0 Å². The molecule has 2 aromatic carbocycles. The number of benzene rings is 2. The summed E-state index contributed by atoms with van der Waals surface area (Å²) >= 11 is 0. The highest BCUT2D eigenvalue weighted by atomic mass is 16.3. The van der Waals surface area contributed by atoms with Gasteiger partial charge in [0.25, 0.3) is 0 Å². The van der Waals surface area contributed by atoms with Crippen LogP contribution in [0.3, 0.4) is 0 Å². The van der Waals surface area contributed by atoms with Crippen LogP contribution in [-0.2, 0) is 0 Å². The second-order valence-corrected chi connectivity index (χ2v) is 4.13. The summed E-state index contributed by atoms with van der Waals surface area (Å²) in [7, 11) is 0. The maximum absolute atomic E-state index is 9.23. The zero-order valence-electron chi connectivity index (χ0n) is 10.1. The second kappa shape index (κ2) is 5.20. The first kappa shape index (κ1) is 11.9. The molecule has 0 saturated heterocycles. The summed E-state index contributed by atoms with van der Waals surface area (Å²) in [5.74, 6) is 0.200. The molecule has 0 aliphatic carbocycles. The molecule has 2 rings (SSSR count). The third kappa shape index (κ3) is 2.78. The van der Waals surface area contributed by atoms with E-state index in [0.717, 1.165) is 11.1 Å². The van der Waals surface area contributed by atoms with Crippen LogP contribution >= 0.6 is 0 Å². The molecule has 18 heavy (non-hydrogen) atoms. The number of hydrogen-bond donors (Lipinski definition) is 1. The molecule has 0 radical (unpaired) electrons. The SMILES string of the molecule is Cc1ccc(/C=C(\C#N)c2ccc(O)cc2)cc1.